The number of carbonyl (C=O) groups excluding carboxylic acids is 1. The Morgan fingerprint density at radius 3 is 2.89 bits per heavy atom. The van der Waals surface area contributed by atoms with Gasteiger partial charge >= 0.3 is 0 Å². The van der Waals surface area contributed by atoms with Gasteiger partial charge < -0.3 is 14.6 Å². The van der Waals surface area contributed by atoms with Crippen molar-refractivity contribution >= 4 is 11.7 Å². The molecule has 0 radical (unpaired) electrons. The molecule has 0 spiro atoms. The molecule has 1 fully saturated rings. The van der Waals surface area contributed by atoms with Gasteiger partial charge in [0, 0.05) is 18.8 Å². The Bertz CT molecular complexity index is 988. The third-order valence-electron chi connectivity index (χ3n) is 4.66. The minimum atomic E-state index is -0.311. The molecule has 146 valence electrons. The average Bonchev–Trinajstić information content (AvgIpc) is 3.20. The highest BCUT2D eigenvalue weighted by molar-refractivity contribution is 6.05. The first kappa shape index (κ1) is 18.1. The molecule has 1 amide bonds. The number of ether oxygens (including phenoxy) is 1. The molecule has 0 unspecified atom stereocenters. The third kappa shape index (κ3) is 3.73. The van der Waals surface area contributed by atoms with E-state index in [1.807, 2.05) is 30.5 Å². The predicted molar refractivity (Wildman–Crippen MR) is 103 cm³/mol. The Hall–Kier alpha value is -3.23. The lowest BCUT2D eigenvalue weighted by molar-refractivity contribution is 0.102. The number of hydrogen-bond donors (Lipinski definition) is 1. The molecule has 1 aliphatic rings. The molecule has 1 aliphatic carbocycles. The van der Waals surface area contributed by atoms with Gasteiger partial charge in [0.05, 0.1) is 7.11 Å². The minimum absolute atomic E-state index is 0.201. The van der Waals surface area contributed by atoms with Crippen molar-refractivity contribution in [2.24, 2.45) is 5.92 Å². The van der Waals surface area contributed by atoms with Crippen molar-refractivity contribution in [3.05, 3.63) is 36.3 Å². The van der Waals surface area contributed by atoms with Crippen molar-refractivity contribution in [2.75, 3.05) is 12.4 Å². The van der Waals surface area contributed by atoms with Gasteiger partial charge in [0.25, 0.3) is 5.91 Å². The number of nitrogens with zero attached hydrogens (tertiary/aromatic N) is 6. The molecular formula is C19H23N7O2. The van der Waals surface area contributed by atoms with Crippen LogP contribution in [0, 0.1) is 5.92 Å². The lowest BCUT2D eigenvalue weighted by atomic mass is 10.3. The largest absolute Gasteiger partial charge is 0.479 e. The predicted octanol–water partition coefficient (Wildman–Crippen LogP) is 2.79. The van der Waals surface area contributed by atoms with E-state index in [2.05, 4.69) is 25.6 Å². The lowest BCUT2D eigenvalue weighted by Gasteiger charge is -2.10. The number of carbonyl (C=O) groups is 1. The maximum atomic E-state index is 12.8. The number of pyridine rings is 1. The molecule has 0 aliphatic heterocycles. The maximum absolute atomic E-state index is 12.8. The van der Waals surface area contributed by atoms with Crippen molar-refractivity contribution in [2.45, 2.75) is 39.3 Å². The third-order valence-corrected chi connectivity index (χ3v) is 4.66. The van der Waals surface area contributed by atoms with Gasteiger partial charge in [-0.25, -0.2) is 4.98 Å². The summed E-state index contributed by atoms with van der Waals surface area (Å²) in [5.41, 5.74) is 1.03. The highest BCUT2D eigenvalue weighted by Gasteiger charge is 2.25. The van der Waals surface area contributed by atoms with Gasteiger partial charge in [-0.1, -0.05) is 6.07 Å². The van der Waals surface area contributed by atoms with E-state index >= 15 is 0 Å². The van der Waals surface area contributed by atoms with Gasteiger partial charge in [0.1, 0.15) is 23.4 Å². The number of nitrogens with one attached hydrogen (secondary N) is 1. The van der Waals surface area contributed by atoms with E-state index in [1.54, 1.807) is 23.3 Å². The summed E-state index contributed by atoms with van der Waals surface area (Å²) in [7, 11) is 1.51. The molecule has 3 aromatic rings. The molecule has 0 aromatic carbocycles. The Labute approximate surface area is 162 Å². The van der Waals surface area contributed by atoms with Crippen LogP contribution in [0.4, 0.5) is 5.82 Å². The molecule has 3 aromatic heterocycles. The summed E-state index contributed by atoms with van der Waals surface area (Å²) in [4.78, 5) is 17.3. The number of hydrogen-bond acceptors (Lipinski definition) is 6. The van der Waals surface area contributed by atoms with Gasteiger partial charge in [0.2, 0.25) is 5.88 Å². The van der Waals surface area contributed by atoms with Gasteiger partial charge in [0.15, 0.2) is 5.82 Å². The van der Waals surface area contributed by atoms with Gasteiger partial charge in [-0.3, -0.25) is 9.48 Å². The standard InChI is InChI=1S/C19H23N7O2/c1-12(2)26-11-20-23-17(26)15-5-4-6-16(21-15)22-18(27)14-10-25(9-13-7-8-13)24-19(14)28-3/h4-6,10-13H,7-9H2,1-3H3,(H,21,22,27). The van der Waals surface area contributed by atoms with E-state index in [1.165, 1.54) is 20.0 Å². The van der Waals surface area contributed by atoms with Crippen LogP contribution in [0.15, 0.2) is 30.7 Å². The Morgan fingerprint density at radius 2 is 2.18 bits per heavy atom. The van der Waals surface area contributed by atoms with Gasteiger partial charge in [-0.2, -0.15) is 0 Å². The first-order valence-corrected chi connectivity index (χ1v) is 9.35. The van der Waals surface area contributed by atoms with E-state index in [0.717, 1.165) is 6.54 Å². The molecule has 9 nitrogen and oxygen atoms in total. The van der Waals surface area contributed by atoms with Crippen molar-refractivity contribution in [3.8, 4) is 17.4 Å². The second-order valence-corrected chi connectivity index (χ2v) is 7.24. The first-order chi connectivity index (χ1) is 13.5. The van der Waals surface area contributed by atoms with Crippen molar-refractivity contribution in [1.29, 1.82) is 0 Å². The normalized spacial score (nSPS) is 13.7. The van der Waals surface area contributed by atoms with E-state index in [-0.39, 0.29) is 11.9 Å². The molecular weight excluding hydrogens is 358 g/mol. The van der Waals surface area contributed by atoms with Crippen LogP contribution in [0.25, 0.3) is 11.5 Å². The van der Waals surface area contributed by atoms with Crippen molar-refractivity contribution in [1.82, 2.24) is 29.5 Å². The van der Waals surface area contributed by atoms with Crippen molar-refractivity contribution < 1.29 is 9.53 Å². The van der Waals surface area contributed by atoms with Crippen LogP contribution in [0.2, 0.25) is 0 Å². The van der Waals surface area contributed by atoms with Crippen LogP contribution >= 0.6 is 0 Å². The zero-order valence-electron chi connectivity index (χ0n) is 16.2. The van der Waals surface area contributed by atoms with Gasteiger partial charge in [-0.15, -0.1) is 15.3 Å². The Morgan fingerprint density at radius 1 is 1.36 bits per heavy atom. The monoisotopic (exact) mass is 381 g/mol. The zero-order valence-corrected chi connectivity index (χ0v) is 16.2. The SMILES string of the molecule is COc1nn(CC2CC2)cc1C(=O)Nc1cccc(-c2nncn2C(C)C)n1. The summed E-state index contributed by atoms with van der Waals surface area (Å²) in [5.74, 6) is 1.73. The second-order valence-electron chi connectivity index (χ2n) is 7.24. The summed E-state index contributed by atoms with van der Waals surface area (Å²) in [6.07, 6.45) is 5.82. The second kappa shape index (κ2) is 7.41. The first-order valence-electron chi connectivity index (χ1n) is 9.35. The van der Waals surface area contributed by atoms with Crippen LogP contribution in [0.3, 0.4) is 0 Å². The van der Waals surface area contributed by atoms with Crippen LogP contribution in [0.1, 0.15) is 43.1 Å². The van der Waals surface area contributed by atoms with Crippen LogP contribution in [-0.4, -0.2) is 42.5 Å². The van der Waals surface area contributed by atoms with Crippen LogP contribution in [0.5, 0.6) is 5.88 Å². The number of aromatic nitrogens is 6. The number of methoxy groups -OCH3 is 1. The summed E-state index contributed by atoms with van der Waals surface area (Å²) in [5, 5.41) is 15.3. The molecule has 28 heavy (non-hydrogen) atoms. The molecule has 9 heteroatoms. The van der Waals surface area contributed by atoms with E-state index in [0.29, 0.717) is 34.7 Å². The smallest absolute Gasteiger partial charge is 0.263 e. The van der Waals surface area contributed by atoms with Crippen LogP contribution in [-0.2, 0) is 6.54 Å². The van der Waals surface area contributed by atoms with E-state index in [4.69, 9.17) is 4.74 Å². The fourth-order valence-corrected chi connectivity index (χ4v) is 2.99. The zero-order chi connectivity index (χ0) is 19.7. The number of amides is 1. The highest BCUT2D eigenvalue weighted by Crippen LogP contribution is 2.31. The molecule has 1 N–H and O–H groups in total. The molecule has 0 bridgehead atoms. The Kier molecular flexibility index (Phi) is 4.81. The van der Waals surface area contributed by atoms with Crippen molar-refractivity contribution in [3.63, 3.8) is 0 Å². The highest BCUT2D eigenvalue weighted by atomic mass is 16.5. The maximum Gasteiger partial charge on any atom is 0.263 e. The summed E-state index contributed by atoms with van der Waals surface area (Å²) in [6, 6.07) is 5.60. The Balaban J connectivity index is 1.55. The molecule has 3 heterocycles. The molecule has 4 rings (SSSR count). The lowest BCUT2D eigenvalue weighted by Crippen LogP contribution is -2.14. The quantitative estimate of drug-likeness (QED) is 0.675. The average molecular weight is 381 g/mol. The summed E-state index contributed by atoms with van der Waals surface area (Å²) in [6.45, 7) is 4.90. The van der Waals surface area contributed by atoms with Crippen LogP contribution < -0.4 is 10.1 Å². The van der Waals surface area contributed by atoms with Gasteiger partial charge in [-0.05, 0) is 44.7 Å². The van der Waals surface area contributed by atoms with E-state index < -0.39 is 0 Å². The minimum Gasteiger partial charge on any atom is -0.479 e. The fraction of sp³-hybridized carbons (Fsp3) is 0.421. The fourth-order valence-electron chi connectivity index (χ4n) is 2.99. The number of anilines is 1. The summed E-state index contributed by atoms with van der Waals surface area (Å²) >= 11 is 0. The molecule has 0 saturated heterocycles. The molecule has 0 atom stereocenters. The van der Waals surface area contributed by atoms with E-state index in [9.17, 15) is 4.79 Å². The molecule has 1 saturated carbocycles. The topological polar surface area (TPSA) is 99.8 Å². The summed E-state index contributed by atoms with van der Waals surface area (Å²) < 4.78 is 8.98. The number of rotatable bonds is 7.